The third-order valence-corrected chi connectivity index (χ3v) is 2.85. The molecule has 5 heteroatoms. The average molecular weight is 316 g/mol. The van der Waals surface area contributed by atoms with E-state index in [0.717, 1.165) is 17.4 Å². The van der Waals surface area contributed by atoms with Crippen LogP contribution < -0.4 is 4.74 Å². The highest BCUT2D eigenvalue weighted by Gasteiger charge is 2.13. The lowest BCUT2D eigenvalue weighted by Crippen LogP contribution is -2.16. The lowest BCUT2D eigenvalue weighted by molar-refractivity contribution is 0.0595. The number of methoxy groups -OCH3 is 1. The fourth-order valence-corrected chi connectivity index (χ4v) is 1.82. The highest BCUT2D eigenvalue weighted by Crippen LogP contribution is 2.24. The second-order valence-electron chi connectivity index (χ2n) is 4.14. The quantitative estimate of drug-likeness (QED) is 0.597. The van der Waals surface area contributed by atoms with Crippen LogP contribution in [0.25, 0.3) is 0 Å². The summed E-state index contributed by atoms with van der Waals surface area (Å²) >= 11 is 3.32. The Morgan fingerprint density at radius 2 is 2.11 bits per heavy atom. The molecule has 0 aliphatic rings. The zero-order chi connectivity index (χ0) is 13.5. The lowest BCUT2D eigenvalue weighted by Gasteiger charge is -2.12. The van der Waals surface area contributed by atoms with E-state index in [9.17, 15) is 4.79 Å². The van der Waals surface area contributed by atoms with E-state index in [2.05, 4.69) is 20.8 Å². The largest absolute Gasteiger partial charge is 0.493 e. The normalized spacial score (nSPS) is 10.5. The Morgan fingerprint density at radius 1 is 1.39 bits per heavy atom. The number of esters is 1. The third-order valence-electron chi connectivity index (χ3n) is 2.35. The first-order valence-electron chi connectivity index (χ1n) is 5.70. The fourth-order valence-electron chi connectivity index (χ4n) is 1.46. The van der Waals surface area contributed by atoms with Gasteiger partial charge < -0.3 is 14.4 Å². The van der Waals surface area contributed by atoms with E-state index in [-0.39, 0.29) is 5.97 Å². The molecule has 0 saturated carbocycles. The van der Waals surface area contributed by atoms with Gasteiger partial charge in [-0.2, -0.15) is 0 Å². The van der Waals surface area contributed by atoms with Crippen molar-refractivity contribution in [1.29, 1.82) is 0 Å². The van der Waals surface area contributed by atoms with Crippen molar-refractivity contribution < 1.29 is 14.3 Å². The Bertz CT molecular complexity index is 407. The molecule has 1 rings (SSSR count). The van der Waals surface area contributed by atoms with E-state index in [0.29, 0.717) is 17.9 Å². The molecule has 0 amide bonds. The van der Waals surface area contributed by atoms with Crippen molar-refractivity contribution in [2.24, 2.45) is 0 Å². The topological polar surface area (TPSA) is 38.8 Å². The summed E-state index contributed by atoms with van der Waals surface area (Å²) in [5, 5.41) is 0. The van der Waals surface area contributed by atoms with Crippen molar-refractivity contribution in [2.75, 3.05) is 34.4 Å². The molecule has 0 N–H and O–H groups in total. The summed E-state index contributed by atoms with van der Waals surface area (Å²) in [6.45, 7) is 1.52. The van der Waals surface area contributed by atoms with Crippen LogP contribution in [0.4, 0.5) is 0 Å². The molecule has 0 heterocycles. The molecule has 1 aromatic carbocycles. The summed E-state index contributed by atoms with van der Waals surface area (Å²) in [6, 6.07) is 5.31. The van der Waals surface area contributed by atoms with Crippen LogP contribution in [0.5, 0.6) is 5.75 Å². The number of hydrogen-bond donors (Lipinski definition) is 0. The van der Waals surface area contributed by atoms with Gasteiger partial charge in [0.15, 0.2) is 0 Å². The van der Waals surface area contributed by atoms with Crippen LogP contribution in [-0.4, -0.2) is 45.2 Å². The first-order chi connectivity index (χ1) is 8.54. The fraction of sp³-hybridized carbons (Fsp3) is 0.462. The van der Waals surface area contributed by atoms with Crippen LogP contribution in [0, 0.1) is 0 Å². The van der Waals surface area contributed by atoms with Gasteiger partial charge in [-0.1, -0.05) is 15.9 Å². The van der Waals surface area contributed by atoms with Crippen LogP contribution in [0.15, 0.2) is 22.7 Å². The molecular formula is C13H18BrNO3. The highest BCUT2D eigenvalue weighted by molar-refractivity contribution is 9.10. The Hall–Kier alpha value is -1.07. The molecule has 100 valence electrons. The van der Waals surface area contributed by atoms with Crippen molar-refractivity contribution in [3.8, 4) is 5.75 Å². The number of halogens is 1. The summed E-state index contributed by atoms with van der Waals surface area (Å²) in [4.78, 5) is 13.7. The van der Waals surface area contributed by atoms with Crippen molar-refractivity contribution in [1.82, 2.24) is 4.90 Å². The minimum Gasteiger partial charge on any atom is -0.493 e. The molecular weight excluding hydrogens is 298 g/mol. The molecule has 0 spiro atoms. The van der Waals surface area contributed by atoms with E-state index < -0.39 is 0 Å². The maximum Gasteiger partial charge on any atom is 0.341 e. The van der Waals surface area contributed by atoms with Gasteiger partial charge in [0.25, 0.3) is 0 Å². The van der Waals surface area contributed by atoms with Gasteiger partial charge in [0.05, 0.1) is 13.7 Å². The number of carbonyl (C=O) groups excluding carboxylic acids is 1. The third kappa shape index (κ3) is 4.66. The second kappa shape index (κ2) is 7.38. The van der Waals surface area contributed by atoms with E-state index in [1.165, 1.54) is 7.11 Å². The van der Waals surface area contributed by atoms with Crippen molar-refractivity contribution in [3.05, 3.63) is 28.2 Å². The van der Waals surface area contributed by atoms with Gasteiger partial charge in [-0.25, -0.2) is 4.79 Å². The maximum absolute atomic E-state index is 11.6. The van der Waals surface area contributed by atoms with Crippen LogP contribution in [0.2, 0.25) is 0 Å². The van der Waals surface area contributed by atoms with Crippen molar-refractivity contribution in [2.45, 2.75) is 6.42 Å². The molecule has 0 unspecified atom stereocenters. The summed E-state index contributed by atoms with van der Waals surface area (Å²) in [5.74, 6) is 0.169. The van der Waals surface area contributed by atoms with E-state index in [4.69, 9.17) is 9.47 Å². The van der Waals surface area contributed by atoms with Crippen LogP contribution >= 0.6 is 15.9 Å². The zero-order valence-electron chi connectivity index (χ0n) is 10.9. The number of hydrogen-bond acceptors (Lipinski definition) is 4. The monoisotopic (exact) mass is 315 g/mol. The van der Waals surface area contributed by atoms with Crippen LogP contribution in [0.3, 0.4) is 0 Å². The number of benzene rings is 1. The number of carbonyl (C=O) groups is 1. The summed E-state index contributed by atoms with van der Waals surface area (Å²) in [6.07, 6.45) is 0.906. The first kappa shape index (κ1) is 15.0. The molecule has 18 heavy (non-hydrogen) atoms. The van der Waals surface area contributed by atoms with E-state index in [1.54, 1.807) is 12.1 Å². The predicted octanol–water partition coefficient (Wildman–Crippen LogP) is 2.57. The Morgan fingerprint density at radius 3 is 2.72 bits per heavy atom. The minimum absolute atomic E-state index is 0.390. The molecule has 0 atom stereocenters. The smallest absolute Gasteiger partial charge is 0.341 e. The number of nitrogens with zero attached hydrogens (tertiary/aromatic N) is 1. The Balaban J connectivity index is 2.66. The Labute approximate surface area is 116 Å². The summed E-state index contributed by atoms with van der Waals surface area (Å²) < 4.78 is 11.2. The second-order valence-corrected chi connectivity index (χ2v) is 5.05. The van der Waals surface area contributed by atoms with Gasteiger partial charge in [0.1, 0.15) is 11.3 Å². The van der Waals surface area contributed by atoms with Gasteiger partial charge in [-0.3, -0.25) is 0 Å². The van der Waals surface area contributed by atoms with Gasteiger partial charge >= 0.3 is 5.97 Å². The van der Waals surface area contributed by atoms with E-state index in [1.807, 2.05) is 20.2 Å². The molecule has 0 aliphatic carbocycles. The minimum atomic E-state index is -0.390. The molecule has 0 saturated heterocycles. The summed E-state index contributed by atoms with van der Waals surface area (Å²) in [7, 11) is 5.39. The van der Waals surface area contributed by atoms with E-state index >= 15 is 0 Å². The number of rotatable bonds is 6. The van der Waals surface area contributed by atoms with Gasteiger partial charge in [0.2, 0.25) is 0 Å². The number of ether oxygens (including phenoxy) is 2. The zero-order valence-corrected chi connectivity index (χ0v) is 12.5. The average Bonchev–Trinajstić information content (AvgIpc) is 2.34. The standard InChI is InChI=1S/C13H18BrNO3/c1-15(2)7-4-8-18-12-6-5-10(14)9-11(12)13(16)17-3/h5-6,9H,4,7-8H2,1-3H3. The van der Waals surface area contributed by atoms with Crippen LogP contribution in [-0.2, 0) is 4.74 Å². The first-order valence-corrected chi connectivity index (χ1v) is 6.49. The van der Waals surface area contributed by atoms with Crippen molar-refractivity contribution >= 4 is 21.9 Å². The molecule has 0 bridgehead atoms. The molecule has 0 fully saturated rings. The van der Waals surface area contributed by atoms with Gasteiger partial charge in [-0.15, -0.1) is 0 Å². The van der Waals surface area contributed by atoms with Gasteiger partial charge in [0, 0.05) is 11.0 Å². The molecule has 0 radical (unpaired) electrons. The highest BCUT2D eigenvalue weighted by atomic mass is 79.9. The lowest BCUT2D eigenvalue weighted by atomic mass is 10.2. The molecule has 4 nitrogen and oxygen atoms in total. The van der Waals surface area contributed by atoms with Crippen molar-refractivity contribution in [3.63, 3.8) is 0 Å². The predicted molar refractivity (Wildman–Crippen MR) is 74.1 cm³/mol. The Kier molecular flexibility index (Phi) is 6.15. The molecule has 1 aromatic rings. The molecule has 0 aliphatic heterocycles. The van der Waals surface area contributed by atoms with Gasteiger partial charge in [-0.05, 0) is 38.7 Å². The maximum atomic E-state index is 11.6. The summed E-state index contributed by atoms with van der Waals surface area (Å²) in [5.41, 5.74) is 0.441. The SMILES string of the molecule is COC(=O)c1cc(Br)ccc1OCCCN(C)C. The molecule has 0 aromatic heterocycles. The van der Waals surface area contributed by atoms with Crippen LogP contribution in [0.1, 0.15) is 16.8 Å².